The molecule has 1 atom stereocenters. The number of hydrogen-bond acceptors (Lipinski definition) is 8. The first-order chi connectivity index (χ1) is 10.8. The molecule has 10 heteroatoms. The van der Waals surface area contributed by atoms with Gasteiger partial charge in [-0.25, -0.2) is 4.79 Å². The highest BCUT2D eigenvalue weighted by Gasteiger charge is 2.26. The van der Waals surface area contributed by atoms with Crippen LogP contribution in [0.15, 0.2) is 18.2 Å². The third-order valence-corrected chi connectivity index (χ3v) is 2.68. The maximum atomic E-state index is 12.0. The fourth-order valence-electron chi connectivity index (χ4n) is 1.70. The molecule has 1 unspecified atom stereocenters. The van der Waals surface area contributed by atoms with Gasteiger partial charge in [0, 0.05) is 6.07 Å². The molecule has 23 heavy (non-hydrogen) atoms. The average Bonchev–Trinajstić information content (AvgIpc) is 2.46. The van der Waals surface area contributed by atoms with Gasteiger partial charge in [-0.3, -0.25) is 25.0 Å². The van der Waals surface area contributed by atoms with Gasteiger partial charge >= 0.3 is 11.9 Å². The van der Waals surface area contributed by atoms with Crippen LogP contribution < -0.4 is 0 Å². The number of rotatable bonds is 7. The zero-order valence-corrected chi connectivity index (χ0v) is 12.4. The van der Waals surface area contributed by atoms with Gasteiger partial charge in [0.05, 0.1) is 28.9 Å². The number of hydrogen-bond donors (Lipinski definition) is 0. The Labute approximate surface area is 130 Å². The quantitative estimate of drug-likeness (QED) is 0.421. The van der Waals surface area contributed by atoms with E-state index in [1.165, 1.54) is 6.92 Å². The molecule has 0 N–H and O–H groups in total. The number of nitro benzene ring substituents is 2. The summed E-state index contributed by atoms with van der Waals surface area (Å²) in [6, 6.07) is 2.57. The summed E-state index contributed by atoms with van der Waals surface area (Å²) in [5.74, 6) is -1.63. The van der Waals surface area contributed by atoms with E-state index >= 15 is 0 Å². The molecule has 0 aliphatic rings. The van der Waals surface area contributed by atoms with E-state index in [1.807, 2.05) is 0 Å². The van der Waals surface area contributed by atoms with Gasteiger partial charge in [-0.15, -0.1) is 0 Å². The first-order valence-corrected chi connectivity index (χ1v) is 6.55. The molecule has 0 aliphatic heterocycles. The molecule has 0 spiro atoms. The summed E-state index contributed by atoms with van der Waals surface area (Å²) in [4.78, 5) is 43.1. The third-order valence-electron chi connectivity index (χ3n) is 2.68. The second kappa shape index (κ2) is 7.82. The summed E-state index contributed by atoms with van der Waals surface area (Å²) in [6.07, 6.45) is -1.07. The monoisotopic (exact) mass is 326 g/mol. The highest BCUT2D eigenvalue weighted by Crippen LogP contribution is 2.25. The Morgan fingerprint density at radius 2 is 1.87 bits per heavy atom. The van der Waals surface area contributed by atoms with Crippen LogP contribution in [-0.2, 0) is 14.3 Å². The van der Waals surface area contributed by atoms with Crippen LogP contribution in [0, 0.1) is 20.2 Å². The Morgan fingerprint density at radius 1 is 1.22 bits per heavy atom. The first kappa shape index (κ1) is 18.0. The van der Waals surface area contributed by atoms with Crippen molar-refractivity contribution in [1.82, 2.24) is 0 Å². The molecule has 1 aromatic rings. The second-order valence-electron chi connectivity index (χ2n) is 4.44. The number of non-ortho nitro benzene ring substituents is 1. The van der Waals surface area contributed by atoms with E-state index in [4.69, 9.17) is 9.47 Å². The van der Waals surface area contributed by atoms with Crippen molar-refractivity contribution in [1.29, 1.82) is 0 Å². The van der Waals surface area contributed by atoms with Crippen LogP contribution in [0.2, 0.25) is 0 Å². The van der Waals surface area contributed by atoms with Gasteiger partial charge in [-0.1, -0.05) is 0 Å². The van der Waals surface area contributed by atoms with E-state index < -0.39 is 44.8 Å². The van der Waals surface area contributed by atoms with Crippen molar-refractivity contribution in [2.24, 2.45) is 0 Å². The Balaban J connectivity index is 2.93. The van der Waals surface area contributed by atoms with E-state index in [1.54, 1.807) is 6.92 Å². The van der Waals surface area contributed by atoms with Gasteiger partial charge in [0.1, 0.15) is 11.7 Å². The molecular formula is C13H14N2O8. The average molecular weight is 326 g/mol. The maximum Gasteiger partial charge on any atom is 0.345 e. The second-order valence-corrected chi connectivity index (χ2v) is 4.44. The van der Waals surface area contributed by atoms with Gasteiger partial charge in [0.15, 0.2) is 0 Å². The van der Waals surface area contributed by atoms with Crippen molar-refractivity contribution in [3.63, 3.8) is 0 Å². The highest BCUT2D eigenvalue weighted by molar-refractivity contribution is 5.94. The number of esters is 2. The standard InChI is InChI=1S/C13H14N2O8/c1-3-22-12(16)6-8(2)23-13(17)10-5-4-9(14(18)19)7-11(10)15(20)21/h4-5,7-8H,3,6H2,1-2H3. The summed E-state index contributed by atoms with van der Waals surface area (Å²) in [7, 11) is 0. The molecular weight excluding hydrogens is 312 g/mol. The molecule has 0 saturated heterocycles. The molecule has 0 aliphatic carbocycles. The van der Waals surface area contributed by atoms with E-state index in [9.17, 15) is 29.8 Å². The van der Waals surface area contributed by atoms with Crippen LogP contribution in [0.4, 0.5) is 11.4 Å². The molecule has 0 fully saturated rings. The molecule has 1 rings (SSSR count). The third kappa shape index (κ3) is 5.02. The summed E-state index contributed by atoms with van der Waals surface area (Å²) in [5.41, 5.74) is -1.70. The molecule has 10 nitrogen and oxygen atoms in total. The zero-order chi connectivity index (χ0) is 17.6. The lowest BCUT2D eigenvalue weighted by Gasteiger charge is -2.12. The smallest absolute Gasteiger partial charge is 0.345 e. The van der Waals surface area contributed by atoms with Gasteiger partial charge in [-0.2, -0.15) is 0 Å². The molecule has 124 valence electrons. The van der Waals surface area contributed by atoms with E-state index in [2.05, 4.69) is 0 Å². The van der Waals surface area contributed by atoms with Gasteiger partial charge < -0.3 is 9.47 Å². The number of carbonyl (C=O) groups excluding carboxylic acids is 2. The number of nitro groups is 2. The molecule has 0 radical (unpaired) electrons. The van der Waals surface area contributed by atoms with Crippen molar-refractivity contribution in [3.05, 3.63) is 44.0 Å². The minimum atomic E-state index is -1.05. The van der Waals surface area contributed by atoms with Crippen LogP contribution in [0.5, 0.6) is 0 Å². The number of nitrogens with zero attached hydrogens (tertiary/aromatic N) is 2. The largest absolute Gasteiger partial charge is 0.466 e. The van der Waals surface area contributed by atoms with Crippen molar-refractivity contribution < 1.29 is 28.9 Å². The fourth-order valence-corrected chi connectivity index (χ4v) is 1.70. The van der Waals surface area contributed by atoms with Crippen molar-refractivity contribution in [2.75, 3.05) is 6.61 Å². The van der Waals surface area contributed by atoms with Crippen LogP contribution in [0.3, 0.4) is 0 Å². The first-order valence-electron chi connectivity index (χ1n) is 6.55. The van der Waals surface area contributed by atoms with E-state index in [0.717, 1.165) is 12.1 Å². The molecule has 0 saturated carbocycles. The topological polar surface area (TPSA) is 139 Å². The Bertz CT molecular complexity index is 643. The SMILES string of the molecule is CCOC(=O)CC(C)OC(=O)c1ccc([N+](=O)[O-])cc1[N+](=O)[O-]. The zero-order valence-electron chi connectivity index (χ0n) is 12.4. The lowest BCUT2D eigenvalue weighted by atomic mass is 10.1. The van der Waals surface area contributed by atoms with Crippen LogP contribution in [-0.4, -0.2) is 34.5 Å². The van der Waals surface area contributed by atoms with Crippen molar-refractivity contribution in [3.8, 4) is 0 Å². The Hall–Kier alpha value is -3.04. The minimum Gasteiger partial charge on any atom is -0.466 e. The highest BCUT2D eigenvalue weighted by atomic mass is 16.6. The normalized spacial score (nSPS) is 11.4. The lowest BCUT2D eigenvalue weighted by Crippen LogP contribution is -2.20. The summed E-state index contributed by atoms with van der Waals surface area (Å²) < 4.78 is 9.62. The molecule has 0 aromatic heterocycles. The van der Waals surface area contributed by atoms with E-state index in [-0.39, 0.29) is 13.0 Å². The van der Waals surface area contributed by atoms with Crippen LogP contribution in [0.1, 0.15) is 30.6 Å². The van der Waals surface area contributed by atoms with Crippen molar-refractivity contribution in [2.45, 2.75) is 26.4 Å². The van der Waals surface area contributed by atoms with Gasteiger partial charge in [-0.05, 0) is 19.9 Å². The predicted octanol–water partition coefficient (Wildman–Crippen LogP) is 2.00. The van der Waals surface area contributed by atoms with Gasteiger partial charge in [0.25, 0.3) is 11.4 Å². The van der Waals surface area contributed by atoms with E-state index in [0.29, 0.717) is 6.07 Å². The van der Waals surface area contributed by atoms with Crippen LogP contribution >= 0.6 is 0 Å². The predicted molar refractivity (Wildman–Crippen MR) is 75.9 cm³/mol. The van der Waals surface area contributed by atoms with Gasteiger partial charge in [0.2, 0.25) is 0 Å². The van der Waals surface area contributed by atoms with Crippen LogP contribution in [0.25, 0.3) is 0 Å². The number of carbonyl (C=O) groups is 2. The maximum absolute atomic E-state index is 12.0. The Kier molecular flexibility index (Phi) is 6.13. The molecule has 0 amide bonds. The fraction of sp³-hybridized carbons (Fsp3) is 0.385. The molecule has 1 aromatic carbocycles. The van der Waals surface area contributed by atoms with Crippen molar-refractivity contribution >= 4 is 23.3 Å². The molecule has 0 heterocycles. The Morgan fingerprint density at radius 3 is 2.39 bits per heavy atom. The summed E-state index contributed by atoms with van der Waals surface area (Å²) in [5, 5.41) is 21.6. The number of benzene rings is 1. The number of ether oxygens (including phenoxy) is 2. The molecule has 0 bridgehead atoms. The lowest BCUT2D eigenvalue weighted by molar-refractivity contribution is -0.394. The summed E-state index contributed by atoms with van der Waals surface area (Å²) >= 11 is 0. The summed E-state index contributed by atoms with van der Waals surface area (Å²) in [6.45, 7) is 3.22. The minimum absolute atomic E-state index is 0.174.